The molecule has 0 bridgehead atoms. The van der Waals surface area contributed by atoms with Crippen molar-refractivity contribution in [3.05, 3.63) is 78.6 Å². The van der Waals surface area contributed by atoms with Crippen molar-refractivity contribution in [2.75, 3.05) is 26.2 Å². The van der Waals surface area contributed by atoms with Crippen LogP contribution in [0.25, 0.3) is 5.69 Å². The third-order valence-corrected chi connectivity index (χ3v) is 7.74. The summed E-state index contributed by atoms with van der Waals surface area (Å²) in [5.74, 6) is -0.950. The van der Waals surface area contributed by atoms with Gasteiger partial charge in [-0.15, -0.1) is 0 Å². The van der Waals surface area contributed by atoms with Gasteiger partial charge in [0.2, 0.25) is 21.8 Å². The van der Waals surface area contributed by atoms with Gasteiger partial charge in [0, 0.05) is 58.0 Å². The average Bonchev–Trinajstić information content (AvgIpc) is 3.41. The molecule has 11 heteroatoms. The number of piperazine rings is 1. The van der Waals surface area contributed by atoms with Gasteiger partial charge in [-0.3, -0.25) is 9.59 Å². The van der Waals surface area contributed by atoms with Gasteiger partial charge in [-0.25, -0.2) is 17.8 Å². The predicted octanol–water partition coefficient (Wildman–Crippen LogP) is 1.94. The quantitative estimate of drug-likeness (QED) is 0.510. The summed E-state index contributed by atoms with van der Waals surface area (Å²) in [4.78, 5) is 30.4. The number of halogens is 1. The number of amides is 2. The van der Waals surface area contributed by atoms with E-state index in [1.54, 1.807) is 64.3 Å². The number of hydrogen-bond donors (Lipinski definition) is 1. The Morgan fingerprint density at radius 2 is 1.74 bits per heavy atom. The minimum absolute atomic E-state index is 0.00301. The summed E-state index contributed by atoms with van der Waals surface area (Å²) in [6.45, 7) is 1.10. The summed E-state index contributed by atoms with van der Waals surface area (Å²) in [6, 6.07) is 12.9. The number of nitrogens with one attached hydrogen (secondary N) is 1. The molecular weight excluding hydrogens is 473 g/mol. The number of sulfonamides is 1. The van der Waals surface area contributed by atoms with Crippen LogP contribution >= 0.6 is 0 Å². The average molecular weight is 500 g/mol. The van der Waals surface area contributed by atoms with Crippen LogP contribution in [0.15, 0.2) is 72.1 Å². The summed E-state index contributed by atoms with van der Waals surface area (Å²) in [7, 11) is -3.59. The fourth-order valence-electron chi connectivity index (χ4n) is 3.86. The molecule has 1 aliphatic rings. The van der Waals surface area contributed by atoms with E-state index in [1.807, 2.05) is 0 Å². The lowest BCUT2D eigenvalue weighted by molar-refractivity contribution is -0.134. The smallest absolute Gasteiger partial charge is 0.243 e. The highest BCUT2D eigenvalue weighted by Gasteiger charge is 2.29. The van der Waals surface area contributed by atoms with Crippen LogP contribution in [-0.4, -0.2) is 65.2 Å². The van der Waals surface area contributed by atoms with E-state index in [9.17, 15) is 22.4 Å². The Kier molecular flexibility index (Phi) is 7.57. The predicted molar refractivity (Wildman–Crippen MR) is 126 cm³/mol. The highest BCUT2D eigenvalue weighted by Crippen LogP contribution is 2.18. The topological polar surface area (TPSA) is 105 Å². The molecule has 4 rings (SSSR count). The Hall–Kier alpha value is -3.57. The molecular formula is C24H26FN5O4S. The Morgan fingerprint density at radius 3 is 2.40 bits per heavy atom. The van der Waals surface area contributed by atoms with E-state index >= 15 is 0 Å². The van der Waals surface area contributed by atoms with Crippen molar-refractivity contribution >= 4 is 21.8 Å². The molecule has 0 radical (unpaired) electrons. The molecule has 0 aliphatic carbocycles. The lowest BCUT2D eigenvalue weighted by Crippen LogP contribution is -2.50. The summed E-state index contributed by atoms with van der Waals surface area (Å²) in [6.07, 6.45) is 4.71. The van der Waals surface area contributed by atoms with Crippen molar-refractivity contribution in [1.82, 2.24) is 24.1 Å². The summed E-state index contributed by atoms with van der Waals surface area (Å²) < 4.78 is 42.7. The van der Waals surface area contributed by atoms with E-state index in [1.165, 1.54) is 16.7 Å². The lowest BCUT2D eigenvalue weighted by atomic mass is 10.2. The zero-order valence-electron chi connectivity index (χ0n) is 19.0. The Labute approximate surface area is 203 Å². The zero-order chi connectivity index (χ0) is 24.8. The van der Waals surface area contributed by atoms with Crippen LogP contribution in [0.1, 0.15) is 18.4 Å². The number of carbonyl (C=O) groups is 2. The number of nitrogens with zero attached hydrogens (tertiary/aromatic N) is 4. The van der Waals surface area contributed by atoms with Crippen LogP contribution in [0.4, 0.5) is 4.39 Å². The minimum Gasteiger partial charge on any atom is -0.352 e. The standard InChI is InChI=1S/C24H26FN5O4S/c25-21-16-19(6-7-22(21)29-11-10-26-18-29)17-27-23(31)8-9-24(32)28-12-14-30(15-13-28)35(33,34)20-4-2-1-3-5-20/h1-7,10-11,16,18H,8-9,12-15,17H2,(H,27,31). The normalized spacial score (nSPS) is 14.6. The molecule has 35 heavy (non-hydrogen) atoms. The molecule has 1 saturated heterocycles. The maximum atomic E-state index is 14.3. The molecule has 2 amide bonds. The van der Waals surface area contributed by atoms with E-state index < -0.39 is 15.8 Å². The molecule has 1 N–H and O–H groups in total. The van der Waals surface area contributed by atoms with E-state index in [2.05, 4.69) is 10.3 Å². The zero-order valence-corrected chi connectivity index (χ0v) is 19.8. The van der Waals surface area contributed by atoms with E-state index in [0.29, 0.717) is 11.3 Å². The molecule has 3 aromatic rings. The van der Waals surface area contributed by atoms with E-state index in [4.69, 9.17) is 0 Å². The largest absolute Gasteiger partial charge is 0.352 e. The second kappa shape index (κ2) is 10.8. The van der Waals surface area contributed by atoms with Gasteiger partial charge in [-0.2, -0.15) is 4.31 Å². The second-order valence-electron chi connectivity index (χ2n) is 8.13. The fraction of sp³-hybridized carbons (Fsp3) is 0.292. The van der Waals surface area contributed by atoms with Gasteiger partial charge in [-0.1, -0.05) is 24.3 Å². The summed E-state index contributed by atoms with van der Waals surface area (Å²) >= 11 is 0. The van der Waals surface area contributed by atoms with Crippen molar-refractivity contribution in [2.24, 2.45) is 0 Å². The third kappa shape index (κ3) is 5.92. The van der Waals surface area contributed by atoms with Crippen LogP contribution < -0.4 is 5.32 Å². The number of carbonyl (C=O) groups excluding carboxylic acids is 2. The van der Waals surface area contributed by atoms with E-state index in [-0.39, 0.29) is 62.3 Å². The molecule has 0 saturated carbocycles. The van der Waals surface area contributed by atoms with Crippen molar-refractivity contribution in [3.8, 4) is 5.69 Å². The number of benzene rings is 2. The van der Waals surface area contributed by atoms with E-state index in [0.717, 1.165) is 0 Å². The molecule has 0 spiro atoms. The molecule has 9 nitrogen and oxygen atoms in total. The first-order valence-corrected chi connectivity index (χ1v) is 12.6. The molecule has 184 valence electrons. The summed E-state index contributed by atoms with van der Waals surface area (Å²) in [5.41, 5.74) is 0.960. The first-order chi connectivity index (χ1) is 16.8. The number of imidazole rings is 1. The first-order valence-electron chi connectivity index (χ1n) is 11.2. The molecule has 1 aliphatic heterocycles. The molecule has 0 unspecified atom stereocenters. The minimum atomic E-state index is -3.59. The highest BCUT2D eigenvalue weighted by molar-refractivity contribution is 7.89. The van der Waals surface area contributed by atoms with Gasteiger partial charge in [0.1, 0.15) is 5.82 Å². The molecule has 2 aromatic carbocycles. The number of aromatic nitrogens is 2. The Balaban J connectivity index is 1.21. The van der Waals surface area contributed by atoms with Crippen LogP contribution in [0.3, 0.4) is 0 Å². The molecule has 1 aromatic heterocycles. The summed E-state index contributed by atoms with van der Waals surface area (Å²) in [5, 5.41) is 2.70. The number of rotatable bonds is 8. The van der Waals surface area contributed by atoms with Crippen molar-refractivity contribution in [1.29, 1.82) is 0 Å². The van der Waals surface area contributed by atoms with Crippen LogP contribution in [0.2, 0.25) is 0 Å². The van der Waals surface area contributed by atoms with Crippen LogP contribution in [0.5, 0.6) is 0 Å². The molecule has 1 fully saturated rings. The first kappa shape index (κ1) is 24.6. The fourth-order valence-corrected chi connectivity index (χ4v) is 5.30. The van der Waals surface area contributed by atoms with Gasteiger partial charge in [0.05, 0.1) is 16.9 Å². The van der Waals surface area contributed by atoms with Crippen LogP contribution in [0, 0.1) is 5.82 Å². The molecule has 0 atom stereocenters. The van der Waals surface area contributed by atoms with Crippen molar-refractivity contribution in [3.63, 3.8) is 0 Å². The maximum absolute atomic E-state index is 14.3. The Bertz CT molecular complexity index is 1270. The lowest BCUT2D eigenvalue weighted by Gasteiger charge is -2.34. The van der Waals surface area contributed by atoms with Crippen molar-refractivity contribution in [2.45, 2.75) is 24.3 Å². The van der Waals surface area contributed by atoms with Gasteiger partial charge in [-0.05, 0) is 29.8 Å². The monoisotopic (exact) mass is 499 g/mol. The highest BCUT2D eigenvalue weighted by atomic mass is 32.2. The van der Waals surface area contributed by atoms with Crippen molar-refractivity contribution < 1.29 is 22.4 Å². The van der Waals surface area contributed by atoms with Gasteiger partial charge < -0.3 is 14.8 Å². The Morgan fingerprint density at radius 1 is 1.00 bits per heavy atom. The maximum Gasteiger partial charge on any atom is 0.243 e. The SMILES string of the molecule is O=C(CCC(=O)N1CCN(S(=O)(=O)c2ccccc2)CC1)NCc1ccc(-n2ccnc2)c(F)c1. The van der Waals surface area contributed by atoms with Gasteiger partial charge >= 0.3 is 0 Å². The third-order valence-electron chi connectivity index (χ3n) is 5.82. The second-order valence-corrected chi connectivity index (χ2v) is 10.1. The van der Waals surface area contributed by atoms with Crippen LogP contribution in [-0.2, 0) is 26.2 Å². The number of hydrogen-bond acceptors (Lipinski definition) is 5. The molecule has 2 heterocycles. The van der Waals surface area contributed by atoms with Gasteiger partial charge in [0.15, 0.2) is 0 Å². The van der Waals surface area contributed by atoms with Gasteiger partial charge in [0.25, 0.3) is 0 Å².